The van der Waals surface area contributed by atoms with Gasteiger partial charge in [0.15, 0.2) is 0 Å². The summed E-state index contributed by atoms with van der Waals surface area (Å²) in [4.78, 5) is 0.287. The first kappa shape index (κ1) is 29.6. The van der Waals surface area contributed by atoms with Gasteiger partial charge in [-0.15, -0.1) is 15.3 Å². The standard InChI is InChI=1S/C27H24N8O6S2/c1-15-12-23(17(3)11-21(15)28)31-29-18-4-9-22(16(2)10-18)30-32-26-13-24-25(14-27(26)43(39,40)41)34-35(33-24)19-5-7-20(8-6-19)42(36,37)38/h4-14H,28H2,1-3H3,(H,36,37,38)(H,39,40,41). The molecule has 0 aliphatic rings. The Balaban J connectivity index is 1.45. The molecule has 0 saturated heterocycles. The van der Waals surface area contributed by atoms with Gasteiger partial charge in [0, 0.05) is 5.69 Å². The number of azo groups is 2. The molecule has 0 aliphatic heterocycles. The Morgan fingerprint density at radius 3 is 1.88 bits per heavy atom. The number of hydrogen-bond donors (Lipinski definition) is 3. The summed E-state index contributed by atoms with van der Waals surface area (Å²) in [7, 11) is -9.12. The molecule has 0 aliphatic carbocycles. The maximum absolute atomic E-state index is 12.2. The Morgan fingerprint density at radius 2 is 1.26 bits per heavy atom. The molecule has 1 aromatic heterocycles. The van der Waals surface area contributed by atoms with Gasteiger partial charge < -0.3 is 5.73 Å². The van der Waals surface area contributed by atoms with Crippen LogP contribution < -0.4 is 5.73 Å². The Morgan fingerprint density at radius 1 is 0.651 bits per heavy atom. The predicted molar refractivity (Wildman–Crippen MR) is 158 cm³/mol. The molecule has 0 unspecified atom stereocenters. The summed E-state index contributed by atoms with van der Waals surface area (Å²) in [6, 6.07) is 16.2. The molecule has 0 amide bonds. The highest BCUT2D eigenvalue weighted by Gasteiger charge is 2.20. The van der Waals surface area contributed by atoms with E-state index in [9.17, 15) is 25.9 Å². The van der Waals surface area contributed by atoms with Crippen LogP contribution in [0.15, 0.2) is 97.0 Å². The van der Waals surface area contributed by atoms with Gasteiger partial charge in [0.05, 0.1) is 27.6 Å². The van der Waals surface area contributed by atoms with Crippen LogP contribution in [-0.2, 0) is 20.2 Å². The van der Waals surface area contributed by atoms with Crippen molar-refractivity contribution >= 4 is 59.7 Å². The lowest BCUT2D eigenvalue weighted by Gasteiger charge is -2.05. The van der Waals surface area contributed by atoms with Crippen molar-refractivity contribution in [1.29, 1.82) is 0 Å². The Kier molecular flexibility index (Phi) is 7.61. The van der Waals surface area contributed by atoms with Crippen LogP contribution in [0.2, 0.25) is 0 Å². The molecular formula is C27H24N8O6S2. The van der Waals surface area contributed by atoms with Crippen molar-refractivity contribution < 1.29 is 25.9 Å². The molecule has 0 radical (unpaired) electrons. The zero-order valence-corrected chi connectivity index (χ0v) is 24.5. The average Bonchev–Trinajstić information content (AvgIpc) is 3.35. The summed E-state index contributed by atoms with van der Waals surface area (Å²) in [5, 5.41) is 25.4. The van der Waals surface area contributed by atoms with Crippen LogP contribution >= 0.6 is 0 Å². The molecule has 5 aromatic rings. The minimum atomic E-state index is -4.73. The van der Waals surface area contributed by atoms with E-state index in [0.717, 1.165) is 34.1 Å². The molecule has 0 bridgehead atoms. The summed E-state index contributed by atoms with van der Waals surface area (Å²) in [6.07, 6.45) is 0. The fraction of sp³-hybridized carbons (Fsp3) is 0.111. The molecule has 220 valence electrons. The number of aromatic nitrogens is 3. The van der Waals surface area contributed by atoms with E-state index in [4.69, 9.17) is 5.73 Å². The zero-order valence-electron chi connectivity index (χ0n) is 22.9. The van der Waals surface area contributed by atoms with Crippen LogP contribution in [0.3, 0.4) is 0 Å². The third-order valence-electron chi connectivity index (χ3n) is 6.41. The van der Waals surface area contributed by atoms with Gasteiger partial charge in [-0.05, 0) is 104 Å². The normalized spacial score (nSPS) is 12.6. The SMILES string of the molecule is Cc1cc(N=Nc2ccc(N=Nc3cc4nn(-c5ccc(S(=O)(=O)O)cc5)nc4cc3S(=O)(=O)O)c(C)c2)c(C)cc1N. The molecule has 4 aromatic carbocycles. The lowest BCUT2D eigenvalue weighted by molar-refractivity contribution is 0.481. The molecule has 0 spiro atoms. The van der Waals surface area contributed by atoms with Crippen LogP contribution in [0.5, 0.6) is 0 Å². The summed E-state index contributed by atoms with van der Waals surface area (Å²) in [5.74, 6) is 0. The van der Waals surface area contributed by atoms with Crippen molar-refractivity contribution in [2.24, 2.45) is 20.5 Å². The van der Waals surface area contributed by atoms with E-state index in [1.54, 1.807) is 25.1 Å². The molecule has 0 saturated carbocycles. The predicted octanol–water partition coefficient (Wildman–Crippen LogP) is 6.25. The van der Waals surface area contributed by atoms with Crippen molar-refractivity contribution in [3.05, 3.63) is 83.4 Å². The smallest absolute Gasteiger partial charge is 0.296 e. The Labute approximate surface area is 246 Å². The zero-order chi connectivity index (χ0) is 31.1. The van der Waals surface area contributed by atoms with Crippen molar-refractivity contribution in [3.8, 4) is 5.69 Å². The number of benzene rings is 4. The quantitative estimate of drug-likeness (QED) is 0.106. The first-order valence-electron chi connectivity index (χ1n) is 12.5. The molecular weight excluding hydrogens is 596 g/mol. The largest absolute Gasteiger partial charge is 0.399 e. The number of nitrogens with zero attached hydrogens (tertiary/aromatic N) is 7. The molecule has 4 N–H and O–H groups in total. The maximum Gasteiger partial charge on any atom is 0.296 e. The van der Waals surface area contributed by atoms with Gasteiger partial charge in [-0.1, -0.05) is 0 Å². The fourth-order valence-electron chi connectivity index (χ4n) is 4.05. The van der Waals surface area contributed by atoms with Gasteiger partial charge in [-0.3, -0.25) is 9.11 Å². The van der Waals surface area contributed by atoms with Gasteiger partial charge in [0.25, 0.3) is 20.2 Å². The van der Waals surface area contributed by atoms with E-state index < -0.39 is 25.1 Å². The van der Waals surface area contributed by atoms with Crippen LogP contribution in [0.1, 0.15) is 16.7 Å². The fourth-order valence-corrected chi connectivity index (χ4v) is 5.15. The molecule has 0 fully saturated rings. The van der Waals surface area contributed by atoms with E-state index in [0.29, 0.717) is 34.0 Å². The first-order valence-corrected chi connectivity index (χ1v) is 15.3. The molecule has 14 nitrogen and oxygen atoms in total. The molecule has 1 heterocycles. The van der Waals surface area contributed by atoms with Crippen LogP contribution in [-0.4, -0.2) is 40.9 Å². The summed E-state index contributed by atoms with van der Waals surface area (Å²) in [5.41, 5.74) is 11.2. The third-order valence-corrected chi connectivity index (χ3v) is 8.16. The van der Waals surface area contributed by atoms with E-state index in [-0.39, 0.29) is 21.6 Å². The second kappa shape index (κ2) is 11.1. The lowest BCUT2D eigenvalue weighted by atomic mass is 10.1. The summed E-state index contributed by atoms with van der Waals surface area (Å²) in [6.45, 7) is 5.55. The molecule has 16 heteroatoms. The minimum Gasteiger partial charge on any atom is -0.399 e. The number of hydrogen-bond acceptors (Lipinski definition) is 11. The van der Waals surface area contributed by atoms with Crippen LogP contribution in [0.25, 0.3) is 16.7 Å². The highest BCUT2D eigenvalue weighted by molar-refractivity contribution is 7.86. The summed E-state index contributed by atoms with van der Waals surface area (Å²) >= 11 is 0. The van der Waals surface area contributed by atoms with E-state index >= 15 is 0 Å². The molecule has 0 atom stereocenters. The van der Waals surface area contributed by atoms with E-state index in [1.807, 2.05) is 26.0 Å². The van der Waals surface area contributed by atoms with Gasteiger partial charge in [0.1, 0.15) is 21.6 Å². The van der Waals surface area contributed by atoms with Crippen LogP contribution in [0.4, 0.5) is 28.4 Å². The van der Waals surface area contributed by atoms with E-state index in [1.165, 1.54) is 18.2 Å². The van der Waals surface area contributed by atoms with Crippen molar-refractivity contribution in [1.82, 2.24) is 15.0 Å². The first-order chi connectivity index (χ1) is 20.2. The van der Waals surface area contributed by atoms with Crippen molar-refractivity contribution in [2.75, 3.05) is 5.73 Å². The van der Waals surface area contributed by atoms with Crippen molar-refractivity contribution in [2.45, 2.75) is 30.6 Å². The number of anilines is 1. The van der Waals surface area contributed by atoms with E-state index in [2.05, 4.69) is 30.7 Å². The minimum absolute atomic E-state index is 0.114. The molecule has 5 rings (SSSR count). The maximum atomic E-state index is 12.2. The second-order valence-electron chi connectivity index (χ2n) is 9.61. The summed E-state index contributed by atoms with van der Waals surface area (Å²) < 4.78 is 66.0. The molecule has 43 heavy (non-hydrogen) atoms. The number of aryl methyl sites for hydroxylation is 3. The number of rotatable bonds is 7. The highest BCUT2D eigenvalue weighted by atomic mass is 32.2. The van der Waals surface area contributed by atoms with Gasteiger partial charge in [-0.25, -0.2) is 0 Å². The monoisotopic (exact) mass is 620 g/mol. The highest BCUT2D eigenvalue weighted by Crippen LogP contribution is 2.33. The van der Waals surface area contributed by atoms with Crippen molar-refractivity contribution in [3.63, 3.8) is 0 Å². The Bertz CT molecular complexity index is 2180. The van der Waals surface area contributed by atoms with Gasteiger partial charge in [0.2, 0.25) is 0 Å². The second-order valence-corrected chi connectivity index (χ2v) is 12.4. The van der Waals surface area contributed by atoms with Crippen LogP contribution in [0, 0.1) is 20.8 Å². The topological polar surface area (TPSA) is 215 Å². The van der Waals surface area contributed by atoms with Gasteiger partial charge >= 0.3 is 0 Å². The lowest BCUT2D eigenvalue weighted by Crippen LogP contribution is -2.01. The number of fused-ring (bicyclic) bond motifs is 1. The number of nitrogens with two attached hydrogens (primary N) is 1. The Hall–Kier alpha value is -4.90. The van der Waals surface area contributed by atoms with Gasteiger partial charge in [-0.2, -0.15) is 37.0 Å². The average molecular weight is 621 g/mol. The number of nitrogen functional groups attached to an aromatic ring is 1. The third kappa shape index (κ3) is 6.46.